The Morgan fingerprint density at radius 2 is 2.05 bits per heavy atom. The molecule has 0 spiro atoms. The lowest BCUT2D eigenvalue weighted by Crippen LogP contribution is -2.44. The third-order valence-electron chi connectivity index (χ3n) is 3.52. The zero-order chi connectivity index (χ0) is 16.1. The zero-order valence-corrected chi connectivity index (χ0v) is 13.3. The number of benzene rings is 1. The molecular formula is C16H23N3O3. The molecule has 0 bridgehead atoms. The van der Waals surface area contributed by atoms with Crippen molar-refractivity contribution in [3.8, 4) is 5.75 Å². The number of carbonyl (C=O) groups is 2. The summed E-state index contributed by atoms with van der Waals surface area (Å²) < 4.78 is 5.11. The van der Waals surface area contributed by atoms with Crippen molar-refractivity contribution >= 4 is 17.6 Å². The highest BCUT2D eigenvalue weighted by Gasteiger charge is 2.31. The maximum Gasteiger partial charge on any atom is 0.315 e. The number of rotatable bonds is 5. The minimum atomic E-state index is -0.219. The number of hydrogen-bond acceptors (Lipinski definition) is 3. The van der Waals surface area contributed by atoms with Crippen LogP contribution in [0.3, 0.4) is 0 Å². The molecule has 0 aliphatic carbocycles. The molecule has 1 heterocycles. The molecule has 1 aromatic carbocycles. The van der Waals surface area contributed by atoms with Gasteiger partial charge in [-0.3, -0.25) is 4.79 Å². The smallest absolute Gasteiger partial charge is 0.315 e. The second-order valence-corrected chi connectivity index (χ2v) is 5.85. The number of hydrogen-bond donors (Lipinski definition) is 2. The van der Waals surface area contributed by atoms with Gasteiger partial charge in [-0.05, 0) is 30.2 Å². The number of anilines is 1. The summed E-state index contributed by atoms with van der Waals surface area (Å²) in [7, 11) is 1.60. The molecule has 0 saturated carbocycles. The van der Waals surface area contributed by atoms with Crippen LogP contribution >= 0.6 is 0 Å². The molecule has 1 atom stereocenters. The summed E-state index contributed by atoms with van der Waals surface area (Å²) in [5, 5.41) is 5.65. The van der Waals surface area contributed by atoms with Gasteiger partial charge in [0, 0.05) is 25.2 Å². The number of carbonyl (C=O) groups excluding carboxylic acids is 2. The first kappa shape index (κ1) is 16.1. The maximum atomic E-state index is 12.1. The van der Waals surface area contributed by atoms with Crippen molar-refractivity contribution in [2.24, 2.45) is 5.92 Å². The predicted octanol–water partition coefficient (Wildman–Crippen LogP) is 1.76. The molecule has 1 aromatic rings. The molecule has 1 aliphatic rings. The number of amides is 3. The van der Waals surface area contributed by atoms with Crippen molar-refractivity contribution in [3.63, 3.8) is 0 Å². The van der Waals surface area contributed by atoms with Crippen LogP contribution in [0.5, 0.6) is 5.75 Å². The topological polar surface area (TPSA) is 70.7 Å². The summed E-state index contributed by atoms with van der Waals surface area (Å²) in [6, 6.07) is 6.94. The van der Waals surface area contributed by atoms with Crippen LogP contribution in [0.1, 0.15) is 20.3 Å². The summed E-state index contributed by atoms with van der Waals surface area (Å²) in [6.07, 6.45) is 0.321. The molecule has 1 fully saturated rings. The molecule has 120 valence electrons. The second-order valence-electron chi connectivity index (χ2n) is 5.85. The van der Waals surface area contributed by atoms with E-state index in [1.165, 1.54) is 0 Å². The van der Waals surface area contributed by atoms with E-state index < -0.39 is 0 Å². The summed E-state index contributed by atoms with van der Waals surface area (Å²) in [5.74, 6) is 1.16. The lowest BCUT2D eigenvalue weighted by atomic mass is 10.2. The van der Waals surface area contributed by atoms with Crippen LogP contribution in [0.4, 0.5) is 10.5 Å². The van der Waals surface area contributed by atoms with Gasteiger partial charge in [-0.15, -0.1) is 0 Å². The summed E-state index contributed by atoms with van der Waals surface area (Å²) in [4.78, 5) is 25.6. The monoisotopic (exact) mass is 305 g/mol. The van der Waals surface area contributed by atoms with Crippen molar-refractivity contribution in [3.05, 3.63) is 24.3 Å². The third kappa shape index (κ3) is 4.13. The molecule has 0 radical (unpaired) electrons. The lowest BCUT2D eigenvalue weighted by Gasteiger charge is -2.18. The van der Waals surface area contributed by atoms with Crippen LogP contribution in [0, 0.1) is 5.92 Å². The van der Waals surface area contributed by atoms with Gasteiger partial charge in [0.05, 0.1) is 13.2 Å². The van der Waals surface area contributed by atoms with E-state index in [4.69, 9.17) is 4.74 Å². The van der Waals surface area contributed by atoms with E-state index in [0.717, 1.165) is 11.4 Å². The Balaban J connectivity index is 1.91. The van der Waals surface area contributed by atoms with E-state index in [-0.39, 0.29) is 18.0 Å². The van der Waals surface area contributed by atoms with E-state index in [0.29, 0.717) is 25.4 Å². The highest BCUT2D eigenvalue weighted by molar-refractivity contribution is 5.96. The largest absolute Gasteiger partial charge is 0.497 e. The normalized spacial score (nSPS) is 17.7. The Bertz CT molecular complexity index is 528. The molecule has 1 saturated heterocycles. The van der Waals surface area contributed by atoms with Gasteiger partial charge >= 0.3 is 6.03 Å². The first-order valence-electron chi connectivity index (χ1n) is 7.48. The quantitative estimate of drug-likeness (QED) is 0.871. The van der Waals surface area contributed by atoms with Gasteiger partial charge < -0.3 is 20.3 Å². The number of methoxy groups -OCH3 is 1. The first-order chi connectivity index (χ1) is 10.5. The van der Waals surface area contributed by atoms with Gasteiger partial charge in [-0.25, -0.2) is 4.79 Å². The Morgan fingerprint density at radius 3 is 2.64 bits per heavy atom. The number of urea groups is 1. The molecule has 22 heavy (non-hydrogen) atoms. The van der Waals surface area contributed by atoms with Crippen LogP contribution < -0.4 is 20.3 Å². The molecule has 2 N–H and O–H groups in total. The van der Waals surface area contributed by atoms with Crippen LogP contribution in [-0.4, -0.2) is 38.2 Å². The van der Waals surface area contributed by atoms with Crippen LogP contribution in [0.15, 0.2) is 24.3 Å². The minimum Gasteiger partial charge on any atom is -0.497 e. The number of ether oxygens (including phenoxy) is 1. The lowest BCUT2D eigenvalue weighted by molar-refractivity contribution is -0.117. The highest BCUT2D eigenvalue weighted by Crippen LogP contribution is 2.24. The van der Waals surface area contributed by atoms with Gasteiger partial charge in [0.15, 0.2) is 0 Å². The van der Waals surface area contributed by atoms with Crippen molar-refractivity contribution in [2.45, 2.75) is 26.3 Å². The van der Waals surface area contributed by atoms with E-state index in [1.807, 2.05) is 38.1 Å². The van der Waals surface area contributed by atoms with Crippen molar-refractivity contribution < 1.29 is 14.3 Å². The maximum absolute atomic E-state index is 12.1. The average molecular weight is 305 g/mol. The van der Waals surface area contributed by atoms with Gasteiger partial charge in [0.2, 0.25) is 5.91 Å². The Labute approximate surface area is 130 Å². The molecule has 3 amide bonds. The second kappa shape index (κ2) is 7.15. The predicted molar refractivity (Wildman–Crippen MR) is 85.1 cm³/mol. The molecule has 6 nitrogen and oxygen atoms in total. The first-order valence-corrected chi connectivity index (χ1v) is 7.48. The summed E-state index contributed by atoms with van der Waals surface area (Å²) in [5.41, 5.74) is 0.817. The van der Waals surface area contributed by atoms with E-state index in [9.17, 15) is 9.59 Å². The zero-order valence-electron chi connectivity index (χ0n) is 13.3. The van der Waals surface area contributed by atoms with E-state index >= 15 is 0 Å². The summed E-state index contributed by atoms with van der Waals surface area (Å²) >= 11 is 0. The van der Waals surface area contributed by atoms with Crippen LogP contribution in [0.25, 0.3) is 0 Å². The summed E-state index contributed by atoms with van der Waals surface area (Å²) in [6.45, 7) is 5.17. The fraction of sp³-hybridized carbons (Fsp3) is 0.500. The molecule has 1 aliphatic heterocycles. The van der Waals surface area contributed by atoms with E-state index in [2.05, 4.69) is 10.6 Å². The molecule has 0 unspecified atom stereocenters. The number of nitrogens with zero attached hydrogens (tertiary/aromatic N) is 1. The minimum absolute atomic E-state index is 0.0133. The Kier molecular flexibility index (Phi) is 5.25. The van der Waals surface area contributed by atoms with Gasteiger partial charge in [-0.1, -0.05) is 13.8 Å². The Hall–Kier alpha value is -2.24. The number of nitrogens with one attached hydrogen (secondary N) is 2. The van der Waals surface area contributed by atoms with Crippen molar-refractivity contribution in [1.82, 2.24) is 10.6 Å². The van der Waals surface area contributed by atoms with Crippen LogP contribution in [0.2, 0.25) is 0 Å². The van der Waals surface area contributed by atoms with Gasteiger partial charge in [-0.2, -0.15) is 0 Å². The van der Waals surface area contributed by atoms with Gasteiger partial charge in [0.1, 0.15) is 5.75 Å². The average Bonchev–Trinajstić information content (AvgIpc) is 2.85. The third-order valence-corrected chi connectivity index (χ3v) is 3.52. The fourth-order valence-electron chi connectivity index (χ4n) is 2.35. The van der Waals surface area contributed by atoms with Crippen molar-refractivity contribution in [2.75, 3.05) is 25.1 Å². The molecular weight excluding hydrogens is 282 g/mol. The highest BCUT2D eigenvalue weighted by atomic mass is 16.5. The Morgan fingerprint density at radius 1 is 1.36 bits per heavy atom. The fourth-order valence-corrected chi connectivity index (χ4v) is 2.35. The van der Waals surface area contributed by atoms with Crippen LogP contribution in [-0.2, 0) is 4.79 Å². The van der Waals surface area contributed by atoms with Crippen molar-refractivity contribution in [1.29, 1.82) is 0 Å². The van der Waals surface area contributed by atoms with E-state index in [1.54, 1.807) is 12.0 Å². The molecule has 2 rings (SSSR count). The van der Waals surface area contributed by atoms with Gasteiger partial charge in [0.25, 0.3) is 0 Å². The molecule has 6 heteroatoms. The SMILES string of the molecule is COc1ccc(N2C[C@H](NC(=O)NCC(C)C)CC2=O)cc1. The standard InChI is InChI=1S/C16H23N3O3/c1-11(2)9-17-16(21)18-12-8-15(20)19(10-12)13-4-6-14(22-3)7-5-13/h4-7,11-12H,8-10H2,1-3H3,(H2,17,18,21)/t12-/m1/s1. The molecule has 0 aromatic heterocycles.